The highest BCUT2D eigenvalue weighted by Crippen LogP contribution is 2.29. The Hall–Kier alpha value is -3.33. The molecule has 3 rings (SSSR count). The van der Waals surface area contributed by atoms with Crippen LogP contribution in [-0.4, -0.2) is 38.5 Å². The van der Waals surface area contributed by atoms with E-state index in [-0.39, 0.29) is 19.1 Å². The number of amides is 1. The van der Waals surface area contributed by atoms with Gasteiger partial charge in [0.1, 0.15) is 12.4 Å². The molecule has 9 heteroatoms. The van der Waals surface area contributed by atoms with Gasteiger partial charge >= 0.3 is 6.18 Å². The first-order chi connectivity index (χ1) is 15.9. The largest absolute Gasteiger partial charge is 0.484 e. The maximum absolute atomic E-state index is 12.5. The monoisotopic (exact) mass is 462 g/mol. The Bertz CT molecular complexity index is 955. The number of hydrogen-bond acceptors (Lipinski definition) is 5. The van der Waals surface area contributed by atoms with Crippen molar-refractivity contribution >= 4 is 12.1 Å². The number of benzene rings is 2. The normalized spacial score (nSPS) is 14.1. The highest BCUT2D eigenvalue weighted by molar-refractivity contribution is 5.77. The zero-order valence-electron chi connectivity index (χ0n) is 17.9. The zero-order valence-corrected chi connectivity index (χ0v) is 17.9. The van der Waals surface area contributed by atoms with Crippen LogP contribution in [0.1, 0.15) is 23.1 Å². The summed E-state index contributed by atoms with van der Waals surface area (Å²) in [6.07, 6.45) is 0.525. The molecule has 1 heterocycles. The first-order valence-electron chi connectivity index (χ1n) is 10.4. The van der Waals surface area contributed by atoms with Gasteiger partial charge in [0.15, 0.2) is 6.61 Å². The average Bonchev–Trinajstić information content (AvgIpc) is 2.82. The maximum atomic E-state index is 12.5. The van der Waals surface area contributed by atoms with Crippen LogP contribution in [0.5, 0.6) is 5.75 Å². The van der Waals surface area contributed by atoms with Crippen molar-refractivity contribution in [3.8, 4) is 5.75 Å². The van der Waals surface area contributed by atoms with Crippen molar-refractivity contribution in [2.24, 2.45) is 5.16 Å². The molecule has 0 bridgehead atoms. The number of halogens is 3. The van der Waals surface area contributed by atoms with Crippen LogP contribution in [0, 0.1) is 0 Å². The van der Waals surface area contributed by atoms with E-state index in [0.29, 0.717) is 37.5 Å². The van der Waals surface area contributed by atoms with Gasteiger partial charge in [-0.15, -0.1) is 0 Å². The van der Waals surface area contributed by atoms with Crippen molar-refractivity contribution in [2.45, 2.75) is 25.6 Å². The summed E-state index contributed by atoms with van der Waals surface area (Å²) in [4.78, 5) is 17.0. The highest BCUT2D eigenvalue weighted by Gasteiger charge is 2.29. The molecule has 2 aromatic rings. The fourth-order valence-electron chi connectivity index (χ4n) is 2.96. The summed E-state index contributed by atoms with van der Waals surface area (Å²) in [5.74, 6) is 0.387. The lowest BCUT2D eigenvalue weighted by Crippen LogP contribution is -2.31. The summed E-state index contributed by atoms with van der Waals surface area (Å²) >= 11 is 0. The molecule has 0 saturated heterocycles. The third kappa shape index (κ3) is 8.61. The van der Waals surface area contributed by atoms with Crippen molar-refractivity contribution < 1.29 is 32.3 Å². The third-order valence-corrected chi connectivity index (χ3v) is 4.85. The number of alkyl halides is 3. The lowest BCUT2D eigenvalue weighted by Gasteiger charge is -2.14. The predicted molar refractivity (Wildman–Crippen MR) is 117 cm³/mol. The number of carbonyl (C=O) groups excluding carboxylic acids is 1. The Morgan fingerprint density at radius 1 is 1.09 bits per heavy atom. The molecule has 0 aromatic heterocycles. The van der Waals surface area contributed by atoms with E-state index in [9.17, 15) is 18.0 Å². The van der Waals surface area contributed by atoms with Crippen LogP contribution >= 0.6 is 0 Å². The van der Waals surface area contributed by atoms with E-state index in [2.05, 4.69) is 10.5 Å². The van der Waals surface area contributed by atoms with Gasteiger partial charge in [0, 0.05) is 19.2 Å². The number of oxime groups is 1. The van der Waals surface area contributed by atoms with Gasteiger partial charge in [-0.2, -0.15) is 13.2 Å². The van der Waals surface area contributed by atoms with E-state index in [0.717, 1.165) is 29.7 Å². The van der Waals surface area contributed by atoms with Crippen molar-refractivity contribution in [3.05, 3.63) is 76.9 Å². The first kappa shape index (κ1) is 24.3. The summed E-state index contributed by atoms with van der Waals surface area (Å²) < 4.78 is 48.4. The number of ether oxygens (including phenoxy) is 2. The van der Waals surface area contributed by atoms with E-state index in [4.69, 9.17) is 14.3 Å². The molecule has 0 aliphatic carbocycles. The van der Waals surface area contributed by atoms with Crippen molar-refractivity contribution in [2.75, 3.05) is 26.4 Å². The SMILES string of the molecule is O=C(COc1ccc(CC=NOCc2ccc(C(F)(F)F)cc2)cc1)NCC1=CCOCC1. The van der Waals surface area contributed by atoms with Crippen LogP contribution in [0.15, 0.2) is 65.3 Å². The van der Waals surface area contributed by atoms with E-state index in [1.165, 1.54) is 12.1 Å². The molecular weight excluding hydrogens is 437 g/mol. The number of nitrogens with zero attached hydrogens (tertiary/aromatic N) is 1. The molecule has 1 aliphatic heterocycles. The molecule has 0 atom stereocenters. The standard InChI is InChI=1S/C24H25F3N2O4/c25-24(26,27)21-5-1-20(2-6-21)16-33-29-12-9-18-3-7-22(8-4-18)32-17-23(30)28-15-19-10-13-31-14-11-19/h1-8,10,12H,9,11,13-17H2,(H,28,30). The number of carbonyl (C=O) groups is 1. The van der Waals surface area contributed by atoms with Gasteiger partial charge in [-0.3, -0.25) is 4.79 Å². The molecule has 6 nitrogen and oxygen atoms in total. The van der Waals surface area contributed by atoms with Gasteiger partial charge in [-0.25, -0.2) is 0 Å². The van der Waals surface area contributed by atoms with Gasteiger partial charge in [0.2, 0.25) is 0 Å². The van der Waals surface area contributed by atoms with E-state index < -0.39 is 11.7 Å². The van der Waals surface area contributed by atoms with Gasteiger partial charge in [0.05, 0.1) is 18.8 Å². The maximum Gasteiger partial charge on any atom is 0.416 e. The van der Waals surface area contributed by atoms with Crippen LogP contribution < -0.4 is 10.1 Å². The van der Waals surface area contributed by atoms with E-state index in [1.807, 2.05) is 18.2 Å². The fourth-order valence-corrected chi connectivity index (χ4v) is 2.96. The molecule has 0 saturated carbocycles. The fraction of sp³-hybridized carbons (Fsp3) is 0.333. The topological polar surface area (TPSA) is 69.2 Å². The predicted octanol–water partition coefficient (Wildman–Crippen LogP) is 4.29. The minimum Gasteiger partial charge on any atom is -0.484 e. The molecule has 176 valence electrons. The summed E-state index contributed by atoms with van der Waals surface area (Å²) in [6, 6.07) is 12.0. The van der Waals surface area contributed by atoms with E-state index in [1.54, 1.807) is 18.3 Å². The summed E-state index contributed by atoms with van der Waals surface area (Å²) in [5, 5.41) is 6.66. The molecular formula is C24H25F3N2O4. The van der Waals surface area contributed by atoms with Crippen molar-refractivity contribution in [1.82, 2.24) is 5.32 Å². The Labute approximate surface area is 190 Å². The Kier molecular flexibility index (Phi) is 8.88. The summed E-state index contributed by atoms with van der Waals surface area (Å²) in [5.41, 5.74) is 2.01. The molecule has 1 amide bonds. The molecule has 1 aliphatic rings. The highest BCUT2D eigenvalue weighted by atomic mass is 19.4. The number of nitrogens with one attached hydrogen (secondary N) is 1. The summed E-state index contributed by atoms with van der Waals surface area (Å²) in [7, 11) is 0. The number of rotatable bonds is 10. The van der Waals surface area contributed by atoms with Gasteiger partial charge < -0.3 is 19.6 Å². The Morgan fingerprint density at radius 2 is 1.82 bits per heavy atom. The Morgan fingerprint density at radius 3 is 2.48 bits per heavy atom. The van der Waals surface area contributed by atoms with Crippen LogP contribution in [0.25, 0.3) is 0 Å². The zero-order chi connectivity index (χ0) is 23.5. The minimum atomic E-state index is -4.35. The van der Waals surface area contributed by atoms with Gasteiger partial charge in [-0.1, -0.05) is 41.1 Å². The molecule has 2 aromatic carbocycles. The van der Waals surface area contributed by atoms with Gasteiger partial charge in [0.25, 0.3) is 5.91 Å². The lowest BCUT2D eigenvalue weighted by molar-refractivity contribution is -0.137. The second-order valence-corrected chi connectivity index (χ2v) is 7.36. The van der Waals surface area contributed by atoms with Gasteiger partial charge in [-0.05, 0) is 41.8 Å². The van der Waals surface area contributed by atoms with Crippen LogP contribution in [-0.2, 0) is 33.6 Å². The van der Waals surface area contributed by atoms with Crippen LogP contribution in [0.4, 0.5) is 13.2 Å². The average molecular weight is 462 g/mol. The van der Waals surface area contributed by atoms with Crippen molar-refractivity contribution in [3.63, 3.8) is 0 Å². The second-order valence-electron chi connectivity index (χ2n) is 7.36. The molecule has 0 radical (unpaired) electrons. The quantitative estimate of drug-likeness (QED) is 0.325. The number of hydrogen-bond donors (Lipinski definition) is 1. The molecule has 0 spiro atoms. The smallest absolute Gasteiger partial charge is 0.416 e. The minimum absolute atomic E-state index is 0.0671. The van der Waals surface area contributed by atoms with E-state index >= 15 is 0 Å². The molecule has 0 unspecified atom stereocenters. The van der Waals surface area contributed by atoms with Crippen LogP contribution in [0.3, 0.4) is 0 Å². The molecule has 1 N–H and O–H groups in total. The first-order valence-corrected chi connectivity index (χ1v) is 10.4. The third-order valence-electron chi connectivity index (χ3n) is 4.85. The lowest BCUT2D eigenvalue weighted by atomic mass is 10.1. The van der Waals surface area contributed by atoms with Crippen LogP contribution in [0.2, 0.25) is 0 Å². The summed E-state index contributed by atoms with van der Waals surface area (Å²) in [6.45, 7) is 1.78. The Balaban J connectivity index is 1.33. The second kappa shape index (κ2) is 12.1. The van der Waals surface area contributed by atoms with Crippen molar-refractivity contribution in [1.29, 1.82) is 0 Å². The molecule has 33 heavy (non-hydrogen) atoms. The molecule has 0 fully saturated rings.